The van der Waals surface area contributed by atoms with Crippen LogP contribution in [-0.2, 0) is 4.79 Å². The first-order valence-electron chi connectivity index (χ1n) is 6.60. The summed E-state index contributed by atoms with van der Waals surface area (Å²) in [5, 5.41) is 3.43. The van der Waals surface area contributed by atoms with Crippen molar-refractivity contribution in [3.05, 3.63) is 23.0 Å². The standard InChI is InChI=1S/C14H19ClN2O/c1-10-8-13(15)16-9-12(10)17-14(18)11-6-4-2-3-5-7-11/h8-9,11H,2-7H2,1H3,(H,17,18). The van der Waals surface area contributed by atoms with Crippen LogP contribution in [-0.4, -0.2) is 10.9 Å². The normalized spacial score (nSPS) is 17.2. The van der Waals surface area contributed by atoms with Gasteiger partial charge in [-0.1, -0.05) is 37.3 Å². The van der Waals surface area contributed by atoms with Crippen LogP contribution in [0.2, 0.25) is 5.15 Å². The van der Waals surface area contributed by atoms with Gasteiger partial charge in [-0.2, -0.15) is 0 Å². The fraction of sp³-hybridized carbons (Fsp3) is 0.571. The molecule has 1 aliphatic rings. The summed E-state index contributed by atoms with van der Waals surface area (Å²) in [7, 11) is 0. The molecule has 1 aromatic heterocycles. The van der Waals surface area contributed by atoms with E-state index in [0.717, 1.165) is 36.9 Å². The van der Waals surface area contributed by atoms with Gasteiger partial charge in [-0.15, -0.1) is 0 Å². The molecule has 0 aliphatic heterocycles. The van der Waals surface area contributed by atoms with Crippen molar-refractivity contribution in [3.8, 4) is 0 Å². The molecular formula is C14H19ClN2O. The number of nitrogens with zero attached hydrogens (tertiary/aromatic N) is 1. The van der Waals surface area contributed by atoms with Crippen LogP contribution in [0.4, 0.5) is 5.69 Å². The highest BCUT2D eigenvalue weighted by Crippen LogP contribution is 2.25. The van der Waals surface area contributed by atoms with Crippen molar-refractivity contribution in [1.29, 1.82) is 0 Å². The molecule has 3 nitrogen and oxygen atoms in total. The number of nitrogens with one attached hydrogen (secondary N) is 1. The fourth-order valence-corrected chi connectivity index (χ4v) is 2.64. The average molecular weight is 267 g/mol. The molecular weight excluding hydrogens is 248 g/mol. The molecule has 1 fully saturated rings. The van der Waals surface area contributed by atoms with Crippen LogP contribution in [0.25, 0.3) is 0 Å². The number of hydrogen-bond acceptors (Lipinski definition) is 2. The predicted molar refractivity (Wildman–Crippen MR) is 73.8 cm³/mol. The number of hydrogen-bond donors (Lipinski definition) is 1. The van der Waals surface area contributed by atoms with Gasteiger partial charge in [0.25, 0.3) is 0 Å². The lowest BCUT2D eigenvalue weighted by Gasteiger charge is -2.15. The number of carbonyl (C=O) groups is 1. The van der Waals surface area contributed by atoms with Gasteiger partial charge in [-0.25, -0.2) is 4.98 Å². The van der Waals surface area contributed by atoms with Crippen molar-refractivity contribution >= 4 is 23.2 Å². The van der Waals surface area contributed by atoms with E-state index in [1.54, 1.807) is 12.3 Å². The largest absolute Gasteiger partial charge is 0.324 e. The third-order valence-corrected chi connectivity index (χ3v) is 3.77. The van der Waals surface area contributed by atoms with Crippen LogP contribution < -0.4 is 5.32 Å². The number of halogens is 1. The second kappa shape index (κ2) is 6.19. The van der Waals surface area contributed by atoms with Gasteiger partial charge >= 0.3 is 0 Å². The summed E-state index contributed by atoms with van der Waals surface area (Å²) in [6.45, 7) is 1.93. The number of pyridine rings is 1. The molecule has 18 heavy (non-hydrogen) atoms. The minimum absolute atomic E-state index is 0.129. The molecule has 1 N–H and O–H groups in total. The maximum Gasteiger partial charge on any atom is 0.227 e. The van der Waals surface area contributed by atoms with Crippen LogP contribution in [0.15, 0.2) is 12.3 Å². The summed E-state index contributed by atoms with van der Waals surface area (Å²) in [6, 6.07) is 1.77. The summed E-state index contributed by atoms with van der Waals surface area (Å²) < 4.78 is 0. The molecule has 1 saturated carbocycles. The summed E-state index contributed by atoms with van der Waals surface area (Å²) in [5.41, 5.74) is 1.73. The highest BCUT2D eigenvalue weighted by Gasteiger charge is 2.20. The minimum atomic E-state index is 0.129. The Labute approximate surface area is 113 Å². The molecule has 1 aliphatic carbocycles. The Bertz CT molecular complexity index is 426. The Morgan fingerprint density at radius 3 is 2.61 bits per heavy atom. The van der Waals surface area contributed by atoms with E-state index in [9.17, 15) is 4.79 Å². The first kappa shape index (κ1) is 13.3. The third-order valence-electron chi connectivity index (χ3n) is 3.56. The van der Waals surface area contributed by atoms with Crippen molar-refractivity contribution in [2.24, 2.45) is 5.92 Å². The van der Waals surface area contributed by atoms with E-state index < -0.39 is 0 Å². The van der Waals surface area contributed by atoms with Crippen LogP contribution in [0, 0.1) is 12.8 Å². The molecule has 0 bridgehead atoms. The van der Waals surface area contributed by atoms with E-state index in [-0.39, 0.29) is 11.8 Å². The van der Waals surface area contributed by atoms with Crippen molar-refractivity contribution in [2.75, 3.05) is 5.32 Å². The number of amides is 1. The van der Waals surface area contributed by atoms with Gasteiger partial charge in [0.05, 0.1) is 11.9 Å². The van der Waals surface area contributed by atoms with Crippen molar-refractivity contribution in [1.82, 2.24) is 4.98 Å². The van der Waals surface area contributed by atoms with E-state index in [0.29, 0.717) is 5.15 Å². The van der Waals surface area contributed by atoms with E-state index in [1.165, 1.54) is 12.8 Å². The van der Waals surface area contributed by atoms with E-state index >= 15 is 0 Å². The first-order valence-corrected chi connectivity index (χ1v) is 6.97. The quantitative estimate of drug-likeness (QED) is 0.650. The van der Waals surface area contributed by atoms with Gasteiger partial charge in [0.2, 0.25) is 5.91 Å². The summed E-state index contributed by atoms with van der Waals surface area (Å²) in [6.07, 6.45) is 8.48. The molecule has 0 spiro atoms. The molecule has 0 aromatic carbocycles. The van der Waals surface area contributed by atoms with Crippen LogP contribution >= 0.6 is 11.6 Å². The highest BCUT2D eigenvalue weighted by atomic mass is 35.5. The molecule has 2 rings (SSSR count). The number of rotatable bonds is 2. The molecule has 1 heterocycles. The maximum absolute atomic E-state index is 12.2. The van der Waals surface area contributed by atoms with Crippen molar-refractivity contribution in [2.45, 2.75) is 45.4 Å². The lowest BCUT2D eigenvalue weighted by Crippen LogP contribution is -2.22. The number of aryl methyl sites for hydroxylation is 1. The molecule has 0 atom stereocenters. The third kappa shape index (κ3) is 3.45. The van der Waals surface area contributed by atoms with Gasteiger partial charge in [-0.3, -0.25) is 4.79 Å². The molecule has 4 heteroatoms. The van der Waals surface area contributed by atoms with Gasteiger partial charge in [-0.05, 0) is 31.4 Å². The molecule has 0 unspecified atom stereocenters. The average Bonchev–Trinajstić information content (AvgIpc) is 2.61. The summed E-state index contributed by atoms with van der Waals surface area (Å²) in [5.74, 6) is 0.284. The molecule has 1 aromatic rings. The zero-order valence-corrected chi connectivity index (χ0v) is 11.5. The highest BCUT2D eigenvalue weighted by molar-refractivity contribution is 6.29. The van der Waals surface area contributed by atoms with Crippen LogP contribution in [0.5, 0.6) is 0 Å². The van der Waals surface area contributed by atoms with Gasteiger partial charge in [0.15, 0.2) is 0 Å². The molecule has 0 saturated heterocycles. The fourth-order valence-electron chi connectivity index (χ4n) is 2.43. The maximum atomic E-state index is 12.2. The first-order chi connectivity index (χ1) is 8.66. The molecule has 0 radical (unpaired) electrons. The number of aromatic nitrogens is 1. The second-order valence-electron chi connectivity index (χ2n) is 5.00. The molecule has 1 amide bonds. The van der Waals surface area contributed by atoms with E-state index in [1.807, 2.05) is 6.92 Å². The zero-order valence-electron chi connectivity index (χ0n) is 10.7. The predicted octanol–water partition coefficient (Wildman–Crippen LogP) is 3.95. The SMILES string of the molecule is Cc1cc(Cl)ncc1NC(=O)C1CCCCCC1. The zero-order chi connectivity index (χ0) is 13.0. The van der Waals surface area contributed by atoms with Gasteiger partial charge < -0.3 is 5.32 Å². The second-order valence-corrected chi connectivity index (χ2v) is 5.39. The minimum Gasteiger partial charge on any atom is -0.324 e. The Hall–Kier alpha value is -1.09. The Balaban J connectivity index is 2.01. The van der Waals surface area contributed by atoms with Crippen molar-refractivity contribution in [3.63, 3.8) is 0 Å². The lowest BCUT2D eigenvalue weighted by molar-refractivity contribution is -0.120. The lowest BCUT2D eigenvalue weighted by atomic mass is 9.99. The smallest absolute Gasteiger partial charge is 0.227 e. The Morgan fingerprint density at radius 1 is 1.33 bits per heavy atom. The van der Waals surface area contributed by atoms with Gasteiger partial charge in [0.1, 0.15) is 5.15 Å². The van der Waals surface area contributed by atoms with Crippen molar-refractivity contribution < 1.29 is 4.79 Å². The topological polar surface area (TPSA) is 42.0 Å². The Morgan fingerprint density at radius 2 is 2.00 bits per heavy atom. The van der Waals surface area contributed by atoms with Crippen LogP contribution in [0.1, 0.15) is 44.1 Å². The monoisotopic (exact) mass is 266 g/mol. The summed E-state index contributed by atoms with van der Waals surface area (Å²) >= 11 is 5.80. The van der Waals surface area contributed by atoms with Gasteiger partial charge in [0, 0.05) is 5.92 Å². The van der Waals surface area contributed by atoms with Crippen LogP contribution in [0.3, 0.4) is 0 Å². The Kier molecular flexibility index (Phi) is 4.59. The summed E-state index contributed by atoms with van der Waals surface area (Å²) in [4.78, 5) is 16.2. The van der Waals surface area contributed by atoms with E-state index in [4.69, 9.17) is 11.6 Å². The number of carbonyl (C=O) groups excluding carboxylic acids is 1. The number of anilines is 1. The van der Waals surface area contributed by atoms with E-state index in [2.05, 4.69) is 10.3 Å². The molecule has 98 valence electrons.